The van der Waals surface area contributed by atoms with E-state index in [-0.39, 0.29) is 23.3 Å². The second-order valence-electron chi connectivity index (χ2n) is 8.66. The molecule has 176 valence electrons. The van der Waals surface area contributed by atoms with Crippen molar-refractivity contribution in [3.05, 3.63) is 55.7 Å². The molecule has 2 aromatic heterocycles. The minimum Gasteiger partial charge on any atom is -0.383 e. The van der Waals surface area contributed by atoms with Crippen LogP contribution in [0.2, 0.25) is 0 Å². The van der Waals surface area contributed by atoms with Crippen molar-refractivity contribution < 1.29 is 9.53 Å². The molecule has 1 amide bonds. The molecule has 33 heavy (non-hydrogen) atoms. The number of aromatic nitrogens is 2. The quantitative estimate of drug-likeness (QED) is 0.374. The van der Waals surface area contributed by atoms with E-state index >= 15 is 0 Å². The molecule has 1 aliphatic rings. The molecule has 4 rings (SSSR count). The molecule has 1 aliphatic carbocycles. The highest BCUT2D eigenvalue weighted by atomic mass is 32.2. The first-order valence-corrected chi connectivity index (χ1v) is 13.2. The summed E-state index contributed by atoms with van der Waals surface area (Å²) in [5, 5.41) is 4.42. The lowest BCUT2D eigenvalue weighted by molar-refractivity contribution is -0.119. The lowest BCUT2D eigenvalue weighted by Crippen LogP contribution is -2.29. The molecule has 0 saturated heterocycles. The maximum absolute atomic E-state index is 13.4. The molecular weight excluding hydrogens is 454 g/mol. The molecule has 1 unspecified atom stereocenters. The Kier molecular flexibility index (Phi) is 7.56. The summed E-state index contributed by atoms with van der Waals surface area (Å²) in [5.41, 5.74) is 4.70. The predicted molar refractivity (Wildman–Crippen MR) is 136 cm³/mol. The van der Waals surface area contributed by atoms with Gasteiger partial charge in [0.25, 0.3) is 5.56 Å². The normalized spacial score (nSPS) is 14.3. The number of hydrogen-bond donors (Lipinski definition) is 1. The first-order valence-electron chi connectivity index (χ1n) is 11.4. The minimum atomic E-state index is -0.0902. The van der Waals surface area contributed by atoms with Crippen molar-refractivity contribution in [2.45, 2.75) is 64.2 Å². The summed E-state index contributed by atoms with van der Waals surface area (Å²) < 4.78 is 6.91. The highest BCUT2D eigenvalue weighted by Gasteiger charge is 2.22. The molecular formula is C25H31N3O3S2. The van der Waals surface area contributed by atoms with Crippen molar-refractivity contribution in [1.29, 1.82) is 0 Å². The summed E-state index contributed by atoms with van der Waals surface area (Å²) in [6.45, 7) is 6.99. The van der Waals surface area contributed by atoms with Gasteiger partial charge < -0.3 is 10.1 Å². The number of thioether (sulfide) groups is 1. The Bertz CT molecular complexity index is 1230. The van der Waals surface area contributed by atoms with Crippen molar-refractivity contribution >= 4 is 39.2 Å². The maximum Gasteiger partial charge on any atom is 0.263 e. The van der Waals surface area contributed by atoms with Crippen molar-refractivity contribution in [3.8, 4) is 0 Å². The Labute approximate surface area is 202 Å². The fourth-order valence-electron chi connectivity index (χ4n) is 4.24. The van der Waals surface area contributed by atoms with Crippen LogP contribution >= 0.6 is 23.1 Å². The van der Waals surface area contributed by atoms with Crippen molar-refractivity contribution in [2.24, 2.45) is 0 Å². The van der Waals surface area contributed by atoms with Gasteiger partial charge in [-0.15, -0.1) is 11.3 Å². The summed E-state index contributed by atoms with van der Waals surface area (Å²) in [6, 6.07) is 6.16. The molecule has 1 atom stereocenters. The van der Waals surface area contributed by atoms with Crippen LogP contribution < -0.4 is 10.9 Å². The second-order valence-corrected chi connectivity index (χ2v) is 10.7. The van der Waals surface area contributed by atoms with E-state index in [1.165, 1.54) is 33.3 Å². The van der Waals surface area contributed by atoms with Gasteiger partial charge in [-0.25, -0.2) is 4.98 Å². The van der Waals surface area contributed by atoms with E-state index in [1.54, 1.807) is 23.0 Å². The molecule has 1 aromatic carbocycles. The van der Waals surface area contributed by atoms with Crippen LogP contribution in [0, 0.1) is 13.8 Å². The molecule has 0 bridgehead atoms. The number of nitrogens with zero attached hydrogens (tertiary/aromatic N) is 2. The van der Waals surface area contributed by atoms with Gasteiger partial charge in [0, 0.05) is 12.0 Å². The molecule has 8 heteroatoms. The number of amides is 1. The number of hydrogen-bond acceptors (Lipinski definition) is 6. The summed E-state index contributed by atoms with van der Waals surface area (Å²) in [6.07, 6.45) is 4.25. The summed E-state index contributed by atoms with van der Waals surface area (Å²) in [7, 11) is 1.62. The van der Waals surface area contributed by atoms with Gasteiger partial charge in [-0.05, 0) is 68.7 Å². The van der Waals surface area contributed by atoms with Crippen LogP contribution in [0.5, 0.6) is 0 Å². The molecule has 3 aromatic rings. The largest absolute Gasteiger partial charge is 0.383 e. The van der Waals surface area contributed by atoms with Gasteiger partial charge in [-0.2, -0.15) is 0 Å². The molecule has 1 N–H and O–H groups in total. The van der Waals surface area contributed by atoms with Gasteiger partial charge in [-0.1, -0.05) is 30.0 Å². The topological polar surface area (TPSA) is 73.2 Å². The van der Waals surface area contributed by atoms with Crippen LogP contribution in [0.25, 0.3) is 10.2 Å². The lowest BCUT2D eigenvalue weighted by Gasteiger charge is -2.16. The first kappa shape index (κ1) is 24.0. The number of benzene rings is 1. The fraction of sp³-hybridized carbons (Fsp3) is 0.480. The standard InChI is InChI=1S/C25H31N3O3S2/c1-15-9-10-18(13-16(15)2)17(3)26-21(29)14-32-25-27-23-22(24(30)28(25)11-12-31-4)19-7-5-6-8-20(19)33-23/h9-10,13,17H,5-8,11-12,14H2,1-4H3,(H,26,29). The van der Waals surface area contributed by atoms with Gasteiger partial charge in [-0.3, -0.25) is 14.2 Å². The van der Waals surface area contributed by atoms with E-state index in [0.29, 0.717) is 18.3 Å². The van der Waals surface area contributed by atoms with Crippen LogP contribution in [-0.4, -0.2) is 34.9 Å². The zero-order valence-corrected chi connectivity index (χ0v) is 21.3. The first-order chi connectivity index (χ1) is 15.9. The molecule has 0 fully saturated rings. The predicted octanol–water partition coefficient (Wildman–Crippen LogP) is 4.57. The summed E-state index contributed by atoms with van der Waals surface area (Å²) >= 11 is 2.95. The Morgan fingerprint density at radius 2 is 2.06 bits per heavy atom. The van der Waals surface area contributed by atoms with Crippen LogP contribution in [-0.2, 0) is 28.9 Å². The third-order valence-electron chi connectivity index (χ3n) is 6.30. The Hall–Kier alpha value is -2.16. The van der Waals surface area contributed by atoms with E-state index in [1.807, 2.05) is 6.92 Å². The van der Waals surface area contributed by atoms with Crippen LogP contribution in [0.15, 0.2) is 28.2 Å². The third-order valence-corrected chi connectivity index (χ3v) is 8.46. The van der Waals surface area contributed by atoms with Gasteiger partial charge in [0.2, 0.25) is 5.91 Å². The number of ether oxygens (including phenoxy) is 1. The zero-order valence-electron chi connectivity index (χ0n) is 19.7. The lowest BCUT2D eigenvalue weighted by atomic mass is 9.97. The Morgan fingerprint density at radius 3 is 2.82 bits per heavy atom. The van der Waals surface area contributed by atoms with Gasteiger partial charge in [0.1, 0.15) is 4.83 Å². The van der Waals surface area contributed by atoms with E-state index in [9.17, 15) is 9.59 Å². The maximum atomic E-state index is 13.4. The number of methoxy groups -OCH3 is 1. The average molecular weight is 486 g/mol. The smallest absolute Gasteiger partial charge is 0.263 e. The minimum absolute atomic E-state index is 0.0112. The molecule has 0 saturated carbocycles. The van der Waals surface area contributed by atoms with E-state index in [0.717, 1.165) is 41.5 Å². The van der Waals surface area contributed by atoms with E-state index < -0.39 is 0 Å². The van der Waals surface area contributed by atoms with Gasteiger partial charge >= 0.3 is 0 Å². The highest BCUT2D eigenvalue weighted by Crippen LogP contribution is 2.34. The van der Waals surface area contributed by atoms with E-state index in [2.05, 4.69) is 37.4 Å². The zero-order chi connectivity index (χ0) is 23.5. The summed E-state index contributed by atoms with van der Waals surface area (Å²) in [5.74, 6) is 0.120. The van der Waals surface area contributed by atoms with Crippen molar-refractivity contribution in [2.75, 3.05) is 19.5 Å². The Balaban J connectivity index is 1.53. The molecule has 0 spiro atoms. The van der Waals surface area contributed by atoms with E-state index in [4.69, 9.17) is 9.72 Å². The second kappa shape index (κ2) is 10.4. The molecule has 0 radical (unpaired) electrons. The number of rotatable bonds is 8. The van der Waals surface area contributed by atoms with Gasteiger partial charge in [0.05, 0.1) is 30.3 Å². The Morgan fingerprint density at radius 1 is 1.27 bits per heavy atom. The van der Waals surface area contributed by atoms with Crippen LogP contribution in [0.4, 0.5) is 0 Å². The SMILES string of the molecule is COCCn1c(SCC(=O)NC(C)c2ccc(C)c(C)c2)nc2sc3c(c2c1=O)CCCC3. The number of carbonyl (C=O) groups is 1. The number of thiophene rings is 1. The van der Waals surface area contributed by atoms with Crippen LogP contribution in [0.1, 0.15) is 52.9 Å². The third kappa shape index (κ3) is 5.18. The highest BCUT2D eigenvalue weighted by molar-refractivity contribution is 7.99. The van der Waals surface area contributed by atoms with Crippen LogP contribution in [0.3, 0.4) is 0 Å². The molecule has 2 heterocycles. The number of aryl methyl sites for hydroxylation is 4. The fourth-order valence-corrected chi connectivity index (χ4v) is 6.38. The summed E-state index contributed by atoms with van der Waals surface area (Å²) in [4.78, 5) is 33.1. The number of nitrogens with one attached hydrogen (secondary N) is 1. The average Bonchev–Trinajstić information content (AvgIpc) is 3.17. The number of fused-ring (bicyclic) bond motifs is 3. The van der Waals surface area contributed by atoms with Crippen molar-refractivity contribution in [3.63, 3.8) is 0 Å². The molecule has 0 aliphatic heterocycles. The number of carbonyl (C=O) groups excluding carboxylic acids is 1. The van der Waals surface area contributed by atoms with Gasteiger partial charge in [0.15, 0.2) is 5.16 Å². The molecule has 6 nitrogen and oxygen atoms in total. The monoisotopic (exact) mass is 485 g/mol. The van der Waals surface area contributed by atoms with Crippen molar-refractivity contribution in [1.82, 2.24) is 14.9 Å².